The van der Waals surface area contributed by atoms with E-state index in [0.717, 1.165) is 17.9 Å². The normalized spacial score (nSPS) is 18.6. The van der Waals surface area contributed by atoms with E-state index in [0.29, 0.717) is 30.0 Å². The van der Waals surface area contributed by atoms with Crippen LogP contribution in [0.4, 0.5) is 0 Å². The minimum atomic E-state index is -1.03. The molecule has 0 saturated heterocycles. The number of carbonyl (C=O) groups excluding carboxylic acids is 1. The van der Waals surface area contributed by atoms with Gasteiger partial charge in [0.15, 0.2) is 0 Å². The van der Waals surface area contributed by atoms with Crippen molar-refractivity contribution in [2.75, 3.05) is 6.61 Å². The average molecular weight is 381 g/mol. The molecule has 2 aliphatic rings. The highest BCUT2D eigenvalue weighted by Gasteiger charge is 2.26. The summed E-state index contributed by atoms with van der Waals surface area (Å²) in [4.78, 5) is 32.6. The minimum absolute atomic E-state index is 0.126. The molecule has 1 aliphatic heterocycles. The Balaban J connectivity index is 1.74. The molecule has 0 bridgehead atoms. The standard InChI is InChI=1S/C21H23N3O4/c1-3-28-18-6-4-5-14-7-8-17(13(2)24-19(14)18)20(25)23-12-16-11-15(21(26)27)9-10-22-16/h4-6,9-11,14H,3,7-8,12H2,1-2H3,(H,23,25)(H,26,27). The van der Waals surface area contributed by atoms with Gasteiger partial charge in [0.05, 0.1) is 30.1 Å². The van der Waals surface area contributed by atoms with Crippen molar-refractivity contribution in [2.24, 2.45) is 10.9 Å². The Labute approximate surface area is 163 Å². The molecule has 0 spiro atoms. The summed E-state index contributed by atoms with van der Waals surface area (Å²) >= 11 is 0. The van der Waals surface area contributed by atoms with E-state index in [2.05, 4.69) is 16.4 Å². The zero-order chi connectivity index (χ0) is 20.1. The molecule has 0 fully saturated rings. The lowest BCUT2D eigenvalue weighted by Crippen LogP contribution is -2.26. The van der Waals surface area contributed by atoms with E-state index in [1.165, 1.54) is 18.3 Å². The van der Waals surface area contributed by atoms with Crippen molar-refractivity contribution < 1.29 is 19.4 Å². The Morgan fingerprint density at radius 2 is 2.21 bits per heavy atom. The first kappa shape index (κ1) is 19.5. The predicted molar refractivity (Wildman–Crippen MR) is 105 cm³/mol. The van der Waals surface area contributed by atoms with Crippen LogP contribution in [-0.2, 0) is 16.1 Å². The van der Waals surface area contributed by atoms with Gasteiger partial charge in [-0.15, -0.1) is 0 Å². The van der Waals surface area contributed by atoms with E-state index >= 15 is 0 Å². The molecule has 1 aromatic heterocycles. The number of hydrogen-bond acceptors (Lipinski definition) is 5. The number of carbonyl (C=O) groups is 2. The number of nitrogens with zero attached hydrogens (tertiary/aromatic N) is 2. The summed E-state index contributed by atoms with van der Waals surface area (Å²) in [5.41, 5.74) is 2.79. The first-order valence-corrected chi connectivity index (χ1v) is 9.26. The lowest BCUT2D eigenvalue weighted by Gasteiger charge is -2.19. The Morgan fingerprint density at radius 1 is 1.39 bits per heavy atom. The fourth-order valence-corrected chi connectivity index (χ4v) is 3.28. The highest BCUT2D eigenvalue weighted by atomic mass is 16.5. The average Bonchev–Trinajstić information content (AvgIpc) is 2.85. The number of nitrogens with one attached hydrogen (secondary N) is 1. The van der Waals surface area contributed by atoms with Gasteiger partial charge in [-0.05, 0) is 44.9 Å². The number of aromatic nitrogens is 1. The van der Waals surface area contributed by atoms with Crippen molar-refractivity contribution in [3.8, 4) is 0 Å². The quantitative estimate of drug-likeness (QED) is 0.789. The molecule has 28 heavy (non-hydrogen) atoms. The predicted octanol–water partition coefficient (Wildman–Crippen LogP) is 3.01. The van der Waals surface area contributed by atoms with E-state index < -0.39 is 5.97 Å². The summed E-state index contributed by atoms with van der Waals surface area (Å²) in [6.45, 7) is 4.47. The molecule has 2 N–H and O–H groups in total. The number of aliphatic imine (C=N–C) groups is 1. The van der Waals surface area contributed by atoms with Crippen LogP contribution in [0.3, 0.4) is 0 Å². The lowest BCUT2D eigenvalue weighted by atomic mass is 9.91. The molecule has 7 nitrogen and oxygen atoms in total. The Kier molecular flexibility index (Phi) is 6.03. The van der Waals surface area contributed by atoms with Gasteiger partial charge in [-0.25, -0.2) is 4.79 Å². The number of carboxylic acids is 1. The van der Waals surface area contributed by atoms with Crippen LogP contribution >= 0.6 is 0 Å². The number of ether oxygens (including phenoxy) is 1. The highest BCUT2D eigenvalue weighted by molar-refractivity contribution is 6.04. The third-order valence-corrected chi connectivity index (χ3v) is 4.69. The second-order valence-corrected chi connectivity index (χ2v) is 6.58. The van der Waals surface area contributed by atoms with Crippen molar-refractivity contribution in [1.29, 1.82) is 0 Å². The van der Waals surface area contributed by atoms with Crippen molar-refractivity contribution in [1.82, 2.24) is 10.3 Å². The van der Waals surface area contributed by atoms with E-state index in [9.17, 15) is 9.59 Å². The second-order valence-electron chi connectivity index (χ2n) is 6.58. The van der Waals surface area contributed by atoms with Gasteiger partial charge in [0.1, 0.15) is 5.76 Å². The minimum Gasteiger partial charge on any atom is -0.492 e. The highest BCUT2D eigenvalue weighted by Crippen LogP contribution is 2.29. The van der Waals surface area contributed by atoms with Crippen LogP contribution in [0.25, 0.3) is 0 Å². The first-order valence-electron chi connectivity index (χ1n) is 9.26. The SMILES string of the molecule is CCOC1=CC=CC2CCC(C(=O)NCc3cc(C(=O)O)ccn3)=C(C)N=C12. The summed E-state index contributed by atoms with van der Waals surface area (Å²) in [7, 11) is 0. The molecule has 0 aromatic carbocycles. The van der Waals surface area contributed by atoms with E-state index in [1.54, 1.807) is 0 Å². The van der Waals surface area contributed by atoms with Gasteiger partial charge in [-0.1, -0.05) is 12.2 Å². The maximum atomic E-state index is 12.7. The van der Waals surface area contributed by atoms with Gasteiger partial charge < -0.3 is 15.2 Å². The topological polar surface area (TPSA) is 101 Å². The number of pyridine rings is 1. The molecule has 7 heteroatoms. The van der Waals surface area contributed by atoms with Crippen LogP contribution in [-0.4, -0.2) is 34.3 Å². The third kappa shape index (κ3) is 4.36. The van der Waals surface area contributed by atoms with E-state index in [4.69, 9.17) is 14.8 Å². The number of fused-ring (bicyclic) bond motifs is 1. The van der Waals surface area contributed by atoms with Gasteiger partial charge >= 0.3 is 5.97 Å². The number of aromatic carboxylic acids is 1. The molecule has 2 heterocycles. The molecular weight excluding hydrogens is 358 g/mol. The fourth-order valence-electron chi connectivity index (χ4n) is 3.28. The summed E-state index contributed by atoms with van der Waals surface area (Å²) in [6, 6.07) is 2.87. The maximum absolute atomic E-state index is 12.7. The molecule has 1 atom stereocenters. The van der Waals surface area contributed by atoms with Gasteiger partial charge in [0.2, 0.25) is 5.91 Å². The third-order valence-electron chi connectivity index (χ3n) is 4.69. The van der Waals surface area contributed by atoms with Gasteiger partial charge in [0.25, 0.3) is 0 Å². The first-order chi connectivity index (χ1) is 13.5. The van der Waals surface area contributed by atoms with E-state index in [1.807, 2.05) is 26.0 Å². The van der Waals surface area contributed by atoms with Crippen LogP contribution in [0.15, 0.2) is 58.6 Å². The van der Waals surface area contributed by atoms with Crippen LogP contribution in [0.2, 0.25) is 0 Å². The van der Waals surface area contributed by atoms with Gasteiger partial charge in [-0.3, -0.25) is 14.8 Å². The number of amides is 1. The van der Waals surface area contributed by atoms with Crippen molar-refractivity contribution in [3.05, 3.63) is 64.8 Å². The van der Waals surface area contributed by atoms with Gasteiger partial charge in [0, 0.05) is 23.4 Å². The van der Waals surface area contributed by atoms with Crippen LogP contribution in [0.1, 0.15) is 42.7 Å². The summed E-state index contributed by atoms with van der Waals surface area (Å²) in [5, 5.41) is 11.9. The molecule has 146 valence electrons. The van der Waals surface area contributed by atoms with Crippen molar-refractivity contribution in [3.63, 3.8) is 0 Å². The van der Waals surface area contributed by atoms with Crippen molar-refractivity contribution >= 4 is 17.6 Å². The Hall–Kier alpha value is -3.22. The molecule has 1 amide bonds. The number of rotatable bonds is 6. The molecule has 3 rings (SSSR count). The summed E-state index contributed by atoms with van der Waals surface area (Å²) in [6.07, 6.45) is 8.74. The summed E-state index contributed by atoms with van der Waals surface area (Å²) < 4.78 is 5.69. The number of hydrogen-bond donors (Lipinski definition) is 2. The molecular formula is C21H23N3O4. The van der Waals surface area contributed by atoms with E-state index in [-0.39, 0.29) is 23.9 Å². The molecule has 1 aliphatic carbocycles. The number of carboxylic acid groups (broad SMARTS) is 1. The second kappa shape index (κ2) is 8.65. The van der Waals surface area contributed by atoms with Crippen LogP contribution < -0.4 is 5.32 Å². The monoisotopic (exact) mass is 381 g/mol. The number of allylic oxidation sites excluding steroid dienone is 5. The molecule has 1 unspecified atom stereocenters. The fraction of sp³-hybridized carbons (Fsp3) is 0.333. The van der Waals surface area contributed by atoms with Crippen LogP contribution in [0, 0.1) is 5.92 Å². The molecule has 1 aromatic rings. The summed E-state index contributed by atoms with van der Waals surface area (Å²) in [5.74, 6) is -0.359. The Morgan fingerprint density at radius 3 is 2.96 bits per heavy atom. The largest absolute Gasteiger partial charge is 0.492 e. The molecule has 0 radical (unpaired) electrons. The van der Waals surface area contributed by atoms with Gasteiger partial charge in [-0.2, -0.15) is 0 Å². The lowest BCUT2D eigenvalue weighted by molar-refractivity contribution is -0.117. The zero-order valence-corrected chi connectivity index (χ0v) is 15.9. The maximum Gasteiger partial charge on any atom is 0.335 e. The Bertz CT molecular complexity index is 912. The smallest absolute Gasteiger partial charge is 0.335 e. The van der Waals surface area contributed by atoms with Crippen molar-refractivity contribution in [2.45, 2.75) is 33.2 Å². The zero-order valence-electron chi connectivity index (χ0n) is 15.9. The molecule has 0 saturated carbocycles. The van der Waals surface area contributed by atoms with Crippen LogP contribution in [0.5, 0.6) is 0 Å².